The molecule has 8 nitrogen and oxygen atoms in total. The number of thiazole rings is 1. The zero-order valence-corrected chi connectivity index (χ0v) is 22.5. The smallest absolute Gasteiger partial charge is 0.309 e. The van der Waals surface area contributed by atoms with E-state index in [-0.39, 0.29) is 17.8 Å². The molecule has 2 aliphatic heterocycles. The highest BCUT2D eigenvalue weighted by Gasteiger charge is 2.28. The lowest BCUT2D eigenvalue weighted by atomic mass is 9.97. The van der Waals surface area contributed by atoms with Gasteiger partial charge in [0.25, 0.3) is 5.91 Å². The summed E-state index contributed by atoms with van der Waals surface area (Å²) in [6, 6.07) is 7.75. The molecule has 1 amide bonds. The van der Waals surface area contributed by atoms with Crippen molar-refractivity contribution in [1.82, 2.24) is 9.97 Å². The number of ether oxygens (including phenoxy) is 2. The van der Waals surface area contributed by atoms with Crippen LogP contribution < -0.4 is 15.0 Å². The van der Waals surface area contributed by atoms with Crippen molar-refractivity contribution >= 4 is 45.8 Å². The maximum absolute atomic E-state index is 13.0. The molecule has 3 aromatic rings. The molecule has 0 bridgehead atoms. The van der Waals surface area contributed by atoms with Crippen LogP contribution in [0.3, 0.4) is 0 Å². The van der Waals surface area contributed by atoms with Crippen molar-refractivity contribution < 1.29 is 19.1 Å². The molecule has 37 heavy (non-hydrogen) atoms. The molecular weight excluding hydrogens is 512 g/mol. The Morgan fingerprint density at radius 1 is 1.27 bits per heavy atom. The molecule has 2 aromatic heterocycles. The summed E-state index contributed by atoms with van der Waals surface area (Å²) in [6.07, 6.45) is 4.86. The van der Waals surface area contributed by atoms with E-state index in [1.165, 1.54) is 23.1 Å². The monoisotopic (exact) mass is 540 g/mol. The molecule has 1 N–H and O–H groups in total. The third kappa shape index (κ3) is 5.29. The maximum Gasteiger partial charge on any atom is 0.309 e. The summed E-state index contributed by atoms with van der Waals surface area (Å²) in [5.74, 6) is 0.932. The molecule has 4 heterocycles. The number of carbonyl (C=O) groups excluding carboxylic acids is 2. The van der Waals surface area contributed by atoms with Crippen LogP contribution in [0.5, 0.6) is 5.75 Å². The number of rotatable bonds is 7. The second-order valence-electron chi connectivity index (χ2n) is 9.12. The van der Waals surface area contributed by atoms with Crippen LogP contribution in [0.25, 0.3) is 11.3 Å². The predicted octanol–water partition coefficient (Wildman–Crippen LogP) is 5.74. The summed E-state index contributed by atoms with van der Waals surface area (Å²) in [5.41, 5.74) is 3.35. The summed E-state index contributed by atoms with van der Waals surface area (Å²) >= 11 is 7.94. The van der Waals surface area contributed by atoms with Gasteiger partial charge in [-0.3, -0.25) is 14.9 Å². The van der Waals surface area contributed by atoms with Gasteiger partial charge in [-0.25, -0.2) is 9.97 Å². The quantitative estimate of drug-likeness (QED) is 0.382. The maximum atomic E-state index is 13.0. The van der Waals surface area contributed by atoms with Gasteiger partial charge in [-0.2, -0.15) is 0 Å². The number of nitrogens with one attached hydrogen (secondary N) is 1. The first-order valence-corrected chi connectivity index (χ1v) is 13.8. The number of hydrogen-bond donors (Lipinski definition) is 1. The first-order valence-electron chi connectivity index (χ1n) is 12.6. The predicted molar refractivity (Wildman–Crippen MR) is 145 cm³/mol. The van der Waals surface area contributed by atoms with Crippen molar-refractivity contribution in [3.63, 3.8) is 0 Å². The van der Waals surface area contributed by atoms with Crippen LogP contribution in [-0.4, -0.2) is 41.5 Å². The van der Waals surface area contributed by atoms with Crippen LogP contribution >= 0.6 is 22.9 Å². The van der Waals surface area contributed by atoms with Crippen LogP contribution in [0.15, 0.2) is 30.5 Å². The Hall–Kier alpha value is -3.17. The number of aryl methyl sites for hydroxylation is 1. The molecule has 1 aromatic carbocycles. The summed E-state index contributed by atoms with van der Waals surface area (Å²) in [5, 5.41) is 3.79. The van der Waals surface area contributed by atoms with E-state index in [1.54, 1.807) is 6.07 Å². The highest BCUT2D eigenvalue weighted by Crippen LogP contribution is 2.43. The first kappa shape index (κ1) is 25.5. The number of halogens is 1. The summed E-state index contributed by atoms with van der Waals surface area (Å²) in [6.45, 7) is 6.08. The van der Waals surface area contributed by atoms with E-state index in [0.717, 1.165) is 34.7 Å². The van der Waals surface area contributed by atoms with Crippen molar-refractivity contribution in [2.45, 2.75) is 46.1 Å². The van der Waals surface area contributed by atoms with Crippen LogP contribution in [0.1, 0.15) is 53.9 Å². The van der Waals surface area contributed by atoms with E-state index in [4.69, 9.17) is 26.1 Å². The molecule has 0 aliphatic carbocycles. The third-order valence-corrected chi connectivity index (χ3v) is 7.86. The third-order valence-electron chi connectivity index (χ3n) is 6.63. The van der Waals surface area contributed by atoms with Crippen molar-refractivity contribution in [3.05, 3.63) is 51.5 Å². The van der Waals surface area contributed by atoms with E-state index >= 15 is 0 Å². The van der Waals surface area contributed by atoms with E-state index in [2.05, 4.69) is 23.3 Å². The standard InChI is InChI=1S/C27H29ClN4O4S/c1-3-6-16-7-5-8-19-22-21(15-36-23(16)19)37-27(30-22)31-25(33)18-13-20(28)24(29-14-18)32-11-9-17(10-12-32)26(34)35-4-2/h5,7-8,13-14,17H,3-4,6,9-12,15H2,1-2H3,(H,30,31,33). The molecule has 0 atom stereocenters. The lowest BCUT2D eigenvalue weighted by Crippen LogP contribution is -2.37. The number of anilines is 2. The van der Waals surface area contributed by atoms with Gasteiger partial charge < -0.3 is 14.4 Å². The fourth-order valence-corrected chi connectivity index (χ4v) is 5.97. The Morgan fingerprint density at radius 3 is 2.81 bits per heavy atom. The molecule has 10 heteroatoms. The number of pyridine rings is 1. The zero-order chi connectivity index (χ0) is 25.9. The number of benzene rings is 1. The van der Waals surface area contributed by atoms with Gasteiger partial charge in [0.2, 0.25) is 0 Å². The van der Waals surface area contributed by atoms with Gasteiger partial charge in [-0.05, 0) is 43.9 Å². The molecule has 0 saturated carbocycles. The number of esters is 1. The van der Waals surface area contributed by atoms with E-state index in [0.29, 0.717) is 60.7 Å². The van der Waals surface area contributed by atoms with Gasteiger partial charge in [0.1, 0.15) is 18.2 Å². The van der Waals surface area contributed by atoms with Gasteiger partial charge >= 0.3 is 5.97 Å². The Balaban J connectivity index is 1.27. The number of hydrogen-bond acceptors (Lipinski definition) is 8. The minimum atomic E-state index is -0.325. The number of fused-ring (bicyclic) bond motifs is 3. The fraction of sp³-hybridized carbons (Fsp3) is 0.407. The zero-order valence-electron chi connectivity index (χ0n) is 20.9. The highest BCUT2D eigenvalue weighted by atomic mass is 35.5. The van der Waals surface area contributed by atoms with E-state index in [9.17, 15) is 9.59 Å². The number of carbonyl (C=O) groups is 2. The SMILES string of the molecule is CCCc1cccc2c1OCc1sc(NC(=O)c3cnc(N4CCC(C(=O)OCC)CC4)c(Cl)c3)nc1-2. The number of nitrogens with zero attached hydrogens (tertiary/aromatic N) is 3. The first-order chi connectivity index (χ1) is 18.0. The Bertz CT molecular complexity index is 1320. The lowest BCUT2D eigenvalue weighted by molar-refractivity contribution is -0.148. The molecule has 194 valence electrons. The van der Waals surface area contributed by atoms with Crippen LogP contribution in [0.4, 0.5) is 10.9 Å². The number of para-hydroxylation sites is 1. The van der Waals surface area contributed by atoms with Crippen molar-refractivity contribution in [1.29, 1.82) is 0 Å². The van der Waals surface area contributed by atoms with Gasteiger partial charge in [0, 0.05) is 24.8 Å². The molecule has 0 radical (unpaired) electrons. The van der Waals surface area contributed by atoms with Crippen molar-refractivity contribution in [2.75, 3.05) is 29.9 Å². The van der Waals surface area contributed by atoms with Gasteiger partial charge in [-0.15, -0.1) is 0 Å². The number of piperidine rings is 1. The topological polar surface area (TPSA) is 93.7 Å². The van der Waals surface area contributed by atoms with Gasteiger partial charge in [-0.1, -0.05) is 48.4 Å². The Morgan fingerprint density at radius 2 is 2.08 bits per heavy atom. The molecule has 1 fully saturated rings. The summed E-state index contributed by atoms with van der Waals surface area (Å²) in [7, 11) is 0. The van der Waals surface area contributed by atoms with E-state index in [1.807, 2.05) is 24.0 Å². The molecule has 2 aliphatic rings. The van der Waals surface area contributed by atoms with Gasteiger partial charge in [0.05, 0.1) is 33.7 Å². The van der Waals surface area contributed by atoms with Crippen molar-refractivity contribution in [3.8, 4) is 17.0 Å². The number of amides is 1. The normalized spacial score (nSPS) is 14.9. The fourth-order valence-electron chi connectivity index (χ4n) is 4.80. The minimum absolute atomic E-state index is 0.0975. The second-order valence-corrected chi connectivity index (χ2v) is 10.6. The largest absolute Gasteiger partial charge is 0.487 e. The van der Waals surface area contributed by atoms with Crippen molar-refractivity contribution in [2.24, 2.45) is 5.92 Å². The second kappa shape index (κ2) is 11.1. The van der Waals surface area contributed by atoms with Gasteiger partial charge in [0.15, 0.2) is 5.13 Å². The highest BCUT2D eigenvalue weighted by molar-refractivity contribution is 7.16. The van der Waals surface area contributed by atoms with Crippen LogP contribution in [-0.2, 0) is 22.6 Å². The number of aromatic nitrogens is 2. The Kier molecular flexibility index (Phi) is 7.62. The van der Waals surface area contributed by atoms with Crippen LogP contribution in [0.2, 0.25) is 5.02 Å². The Labute approximate surface area is 225 Å². The van der Waals surface area contributed by atoms with Crippen LogP contribution in [0, 0.1) is 5.92 Å². The molecule has 1 saturated heterocycles. The minimum Gasteiger partial charge on any atom is -0.487 e. The lowest BCUT2D eigenvalue weighted by Gasteiger charge is -2.32. The summed E-state index contributed by atoms with van der Waals surface area (Å²) < 4.78 is 11.2. The molecule has 0 spiro atoms. The molecule has 0 unspecified atom stereocenters. The summed E-state index contributed by atoms with van der Waals surface area (Å²) in [4.78, 5) is 37.2. The average molecular weight is 541 g/mol. The molecular formula is C27H29ClN4O4S. The average Bonchev–Trinajstić information content (AvgIpc) is 3.32. The van der Waals surface area contributed by atoms with E-state index < -0.39 is 0 Å². The molecule has 5 rings (SSSR count).